The van der Waals surface area contributed by atoms with Gasteiger partial charge < -0.3 is 10.2 Å². The molecule has 0 spiro atoms. The van der Waals surface area contributed by atoms with Gasteiger partial charge in [-0.3, -0.25) is 4.79 Å². The lowest BCUT2D eigenvalue weighted by Gasteiger charge is -2.34. The summed E-state index contributed by atoms with van der Waals surface area (Å²) in [5.74, 6) is 0.489. The highest BCUT2D eigenvalue weighted by molar-refractivity contribution is 7.88. The van der Waals surface area contributed by atoms with Crippen LogP contribution in [0.25, 0.3) is 0 Å². The molecule has 134 valence electrons. The third-order valence-corrected chi connectivity index (χ3v) is 6.42. The van der Waals surface area contributed by atoms with Gasteiger partial charge in [0, 0.05) is 31.6 Å². The molecular formula is C16H31N3O3S. The Morgan fingerprint density at radius 1 is 1.17 bits per heavy atom. The van der Waals surface area contributed by atoms with Crippen LogP contribution >= 0.6 is 0 Å². The van der Waals surface area contributed by atoms with Crippen LogP contribution in [0.3, 0.4) is 0 Å². The molecule has 0 unspecified atom stereocenters. The zero-order valence-electron chi connectivity index (χ0n) is 14.6. The molecule has 6 nitrogen and oxygen atoms in total. The lowest BCUT2D eigenvalue weighted by atomic mass is 9.94. The van der Waals surface area contributed by atoms with Crippen LogP contribution in [0.5, 0.6) is 0 Å². The summed E-state index contributed by atoms with van der Waals surface area (Å²) in [6.45, 7) is 8.09. The molecule has 1 atom stereocenters. The lowest BCUT2D eigenvalue weighted by molar-refractivity contribution is -0.126. The average Bonchev–Trinajstić information content (AvgIpc) is 2.52. The summed E-state index contributed by atoms with van der Waals surface area (Å²) in [7, 11) is -3.12. The molecule has 0 aromatic heterocycles. The van der Waals surface area contributed by atoms with Gasteiger partial charge in [-0.2, -0.15) is 0 Å². The zero-order valence-corrected chi connectivity index (χ0v) is 15.4. The molecule has 2 aliphatic rings. The van der Waals surface area contributed by atoms with Crippen LogP contribution in [-0.2, 0) is 14.8 Å². The van der Waals surface area contributed by atoms with Gasteiger partial charge in [-0.1, -0.05) is 0 Å². The predicted molar refractivity (Wildman–Crippen MR) is 91.6 cm³/mol. The maximum Gasteiger partial charge on any atom is 0.223 e. The van der Waals surface area contributed by atoms with Gasteiger partial charge in [0.15, 0.2) is 0 Å². The molecule has 23 heavy (non-hydrogen) atoms. The number of carbonyl (C=O) groups is 1. The van der Waals surface area contributed by atoms with Crippen LogP contribution in [0.1, 0.15) is 39.5 Å². The van der Waals surface area contributed by atoms with E-state index in [1.54, 1.807) is 0 Å². The fourth-order valence-corrected chi connectivity index (χ4v) is 4.50. The van der Waals surface area contributed by atoms with E-state index in [1.807, 2.05) is 0 Å². The summed E-state index contributed by atoms with van der Waals surface area (Å²) >= 11 is 0. The second-order valence-electron chi connectivity index (χ2n) is 7.28. The molecule has 7 heteroatoms. The first kappa shape index (κ1) is 18.7. The lowest BCUT2D eigenvalue weighted by Crippen LogP contribution is -2.46. The highest BCUT2D eigenvalue weighted by Gasteiger charge is 2.28. The first-order chi connectivity index (χ1) is 10.8. The van der Waals surface area contributed by atoms with E-state index in [2.05, 4.69) is 24.1 Å². The Hall–Kier alpha value is -0.660. The quantitative estimate of drug-likeness (QED) is 0.804. The van der Waals surface area contributed by atoms with Crippen LogP contribution in [-0.4, -0.2) is 68.6 Å². The second-order valence-corrected chi connectivity index (χ2v) is 9.26. The van der Waals surface area contributed by atoms with Gasteiger partial charge in [-0.05, 0) is 58.5 Å². The van der Waals surface area contributed by atoms with Crippen molar-refractivity contribution in [1.29, 1.82) is 0 Å². The Bertz CT molecular complexity index is 499. The molecule has 2 fully saturated rings. The van der Waals surface area contributed by atoms with Crippen molar-refractivity contribution in [2.45, 2.75) is 45.6 Å². The number of rotatable bonds is 5. The summed E-state index contributed by atoms with van der Waals surface area (Å²) in [5, 5.41) is 3.06. The number of piperidine rings is 2. The van der Waals surface area contributed by atoms with E-state index in [-0.39, 0.29) is 17.7 Å². The molecule has 0 bridgehead atoms. The van der Waals surface area contributed by atoms with Crippen molar-refractivity contribution in [2.75, 3.05) is 39.0 Å². The number of sulfonamides is 1. The van der Waals surface area contributed by atoms with Crippen molar-refractivity contribution in [2.24, 2.45) is 11.8 Å². The normalized spacial score (nSPS) is 25.7. The molecule has 0 aliphatic carbocycles. The van der Waals surface area contributed by atoms with Crippen molar-refractivity contribution < 1.29 is 13.2 Å². The van der Waals surface area contributed by atoms with Gasteiger partial charge in [-0.15, -0.1) is 0 Å². The van der Waals surface area contributed by atoms with Gasteiger partial charge in [0.2, 0.25) is 15.9 Å². The topological polar surface area (TPSA) is 69.7 Å². The maximum absolute atomic E-state index is 12.3. The largest absolute Gasteiger partial charge is 0.356 e. The van der Waals surface area contributed by atoms with Crippen LogP contribution in [0.15, 0.2) is 0 Å². The van der Waals surface area contributed by atoms with E-state index >= 15 is 0 Å². The molecular weight excluding hydrogens is 314 g/mol. The fraction of sp³-hybridized carbons (Fsp3) is 0.938. The highest BCUT2D eigenvalue weighted by Crippen LogP contribution is 2.21. The third-order valence-electron chi connectivity index (χ3n) is 5.15. The number of nitrogens with one attached hydrogen (secondary N) is 1. The molecule has 2 saturated heterocycles. The third kappa shape index (κ3) is 5.43. The minimum absolute atomic E-state index is 0.111. The van der Waals surface area contributed by atoms with Crippen molar-refractivity contribution in [3.63, 3.8) is 0 Å². The van der Waals surface area contributed by atoms with Gasteiger partial charge >= 0.3 is 0 Å². The summed E-state index contributed by atoms with van der Waals surface area (Å²) in [6, 6.07) is 0.545. The van der Waals surface area contributed by atoms with Crippen molar-refractivity contribution >= 4 is 15.9 Å². The van der Waals surface area contributed by atoms with Crippen molar-refractivity contribution in [3.8, 4) is 0 Å². The average molecular weight is 346 g/mol. The van der Waals surface area contributed by atoms with E-state index in [4.69, 9.17) is 0 Å². The summed E-state index contributed by atoms with van der Waals surface area (Å²) in [6.07, 6.45) is 4.96. The number of carbonyl (C=O) groups excluding carboxylic acids is 1. The van der Waals surface area contributed by atoms with E-state index in [9.17, 15) is 13.2 Å². The highest BCUT2D eigenvalue weighted by atomic mass is 32.2. The molecule has 1 amide bonds. The second kappa shape index (κ2) is 7.94. The number of nitrogens with zero attached hydrogens (tertiary/aromatic N) is 2. The first-order valence-electron chi connectivity index (χ1n) is 8.74. The Kier molecular flexibility index (Phi) is 6.45. The zero-order chi connectivity index (χ0) is 17.0. The van der Waals surface area contributed by atoms with E-state index in [1.165, 1.54) is 10.6 Å². The monoisotopic (exact) mass is 345 g/mol. The minimum Gasteiger partial charge on any atom is -0.356 e. The van der Waals surface area contributed by atoms with Crippen LogP contribution in [0.4, 0.5) is 0 Å². The Labute approximate surface area is 140 Å². The molecule has 2 heterocycles. The number of hydrogen-bond acceptors (Lipinski definition) is 4. The van der Waals surface area contributed by atoms with Gasteiger partial charge in [0.05, 0.1) is 6.26 Å². The van der Waals surface area contributed by atoms with E-state index in [0.717, 1.165) is 38.8 Å². The van der Waals surface area contributed by atoms with Crippen molar-refractivity contribution in [3.05, 3.63) is 0 Å². The molecule has 2 aliphatic heterocycles. The number of likely N-dealkylation sites (tertiary alicyclic amines) is 1. The number of hydrogen-bond donors (Lipinski definition) is 1. The molecule has 0 radical (unpaired) electrons. The van der Waals surface area contributed by atoms with Gasteiger partial charge in [-0.25, -0.2) is 12.7 Å². The first-order valence-corrected chi connectivity index (χ1v) is 10.6. The fourth-order valence-electron chi connectivity index (χ4n) is 3.56. The van der Waals surface area contributed by atoms with Gasteiger partial charge in [0.25, 0.3) is 0 Å². The summed E-state index contributed by atoms with van der Waals surface area (Å²) < 4.78 is 24.8. The Morgan fingerprint density at radius 3 is 2.39 bits per heavy atom. The number of amides is 1. The molecule has 0 aromatic rings. The van der Waals surface area contributed by atoms with Gasteiger partial charge in [0.1, 0.15) is 0 Å². The predicted octanol–water partition coefficient (Wildman–Crippen LogP) is 0.895. The summed E-state index contributed by atoms with van der Waals surface area (Å²) in [5.41, 5.74) is 0. The molecule has 0 saturated carbocycles. The minimum atomic E-state index is -3.12. The summed E-state index contributed by atoms with van der Waals surface area (Å²) in [4.78, 5) is 14.7. The van der Waals surface area contributed by atoms with E-state index < -0.39 is 10.0 Å². The van der Waals surface area contributed by atoms with E-state index in [0.29, 0.717) is 25.7 Å². The van der Waals surface area contributed by atoms with Crippen molar-refractivity contribution in [1.82, 2.24) is 14.5 Å². The molecule has 1 N–H and O–H groups in total. The van der Waals surface area contributed by atoms with Crippen LogP contribution < -0.4 is 5.32 Å². The van der Waals surface area contributed by atoms with Crippen LogP contribution in [0, 0.1) is 11.8 Å². The smallest absolute Gasteiger partial charge is 0.223 e. The maximum atomic E-state index is 12.3. The standard InChI is InChI=1S/C16H31N3O3S/c1-13(2)18-9-6-15(7-10-18)16(20)17-11-14-5-4-8-19(12-14)23(3,21)22/h13-15H,4-12H2,1-3H3,(H,17,20)/t14-/m0/s1. The molecule has 2 rings (SSSR count). The Balaban J connectivity index is 1.74. The molecule has 0 aromatic carbocycles. The van der Waals surface area contributed by atoms with Crippen LogP contribution in [0.2, 0.25) is 0 Å². The Morgan fingerprint density at radius 2 is 1.83 bits per heavy atom. The SMILES string of the molecule is CC(C)N1CCC(C(=O)NC[C@@H]2CCCN(S(C)(=O)=O)C2)CC1.